The monoisotopic (exact) mass is 320 g/mol. The number of allylic oxidation sites excluding steroid dienone is 2. The lowest BCUT2D eigenvalue weighted by atomic mass is 9.73. The number of ether oxygens (including phenoxy) is 3. The zero-order valence-electron chi connectivity index (χ0n) is 14.3. The Morgan fingerprint density at radius 3 is 1.96 bits per heavy atom. The van der Waals surface area contributed by atoms with Crippen molar-refractivity contribution >= 4 is 5.97 Å². The van der Waals surface area contributed by atoms with Crippen molar-refractivity contribution in [1.82, 2.24) is 0 Å². The van der Waals surface area contributed by atoms with Crippen molar-refractivity contribution in [2.75, 3.05) is 21.3 Å². The highest BCUT2D eigenvalue weighted by Gasteiger charge is 2.34. The van der Waals surface area contributed by atoms with Crippen molar-refractivity contribution in [3.8, 4) is 17.2 Å². The van der Waals surface area contributed by atoms with Crippen LogP contribution in [0, 0.1) is 5.92 Å². The zero-order chi connectivity index (χ0) is 17.1. The summed E-state index contributed by atoms with van der Waals surface area (Å²) in [4.78, 5) is 11.7. The van der Waals surface area contributed by atoms with E-state index in [2.05, 4.69) is 6.92 Å². The molecule has 0 radical (unpaired) electrons. The van der Waals surface area contributed by atoms with E-state index in [0.717, 1.165) is 12.0 Å². The molecule has 0 aliphatic heterocycles. The van der Waals surface area contributed by atoms with Gasteiger partial charge in [0.05, 0.1) is 27.2 Å². The van der Waals surface area contributed by atoms with E-state index < -0.39 is 11.9 Å². The molecule has 126 valence electrons. The van der Waals surface area contributed by atoms with Crippen molar-refractivity contribution in [2.45, 2.75) is 32.6 Å². The summed E-state index contributed by atoms with van der Waals surface area (Å²) < 4.78 is 16.1. The molecule has 0 amide bonds. The Bertz CT molecular complexity index is 607. The predicted molar refractivity (Wildman–Crippen MR) is 87.6 cm³/mol. The normalized spacial score (nSPS) is 21.1. The van der Waals surface area contributed by atoms with Gasteiger partial charge in [-0.25, -0.2) is 0 Å². The molecule has 0 saturated heterocycles. The third kappa shape index (κ3) is 3.28. The third-order valence-electron chi connectivity index (χ3n) is 4.70. The number of hydrogen-bond acceptors (Lipinski definition) is 4. The molecule has 0 fully saturated rings. The van der Waals surface area contributed by atoms with E-state index in [-0.39, 0.29) is 5.92 Å². The SMILES string of the molecule is COc1cc(C2CC(C)=C(C)CC2C(=O)O)cc(OC)c1OC. The molecule has 5 heteroatoms. The van der Waals surface area contributed by atoms with Crippen LogP contribution < -0.4 is 14.2 Å². The molecule has 2 unspecified atom stereocenters. The first-order chi connectivity index (χ1) is 10.9. The molecule has 0 aromatic heterocycles. The Morgan fingerprint density at radius 2 is 1.52 bits per heavy atom. The Hall–Kier alpha value is -2.17. The molecule has 1 N–H and O–H groups in total. The summed E-state index contributed by atoms with van der Waals surface area (Å²) in [5.41, 5.74) is 3.32. The van der Waals surface area contributed by atoms with Crippen LogP contribution in [0.1, 0.15) is 38.2 Å². The smallest absolute Gasteiger partial charge is 0.307 e. The second-order valence-electron chi connectivity index (χ2n) is 5.98. The maximum Gasteiger partial charge on any atom is 0.307 e. The molecule has 1 aliphatic carbocycles. The summed E-state index contributed by atoms with van der Waals surface area (Å²) in [6.07, 6.45) is 1.30. The third-order valence-corrected chi connectivity index (χ3v) is 4.70. The molecule has 2 atom stereocenters. The second-order valence-corrected chi connectivity index (χ2v) is 5.98. The first kappa shape index (κ1) is 17.2. The van der Waals surface area contributed by atoms with Crippen LogP contribution in [0.4, 0.5) is 0 Å². The van der Waals surface area contributed by atoms with Crippen LogP contribution in [0.3, 0.4) is 0 Å². The number of hydrogen-bond donors (Lipinski definition) is 1. The summed E-state index contributed by atoms with van der Waals surface area (Å²) in [6, 6.07) is 3.71. The molecule has 23 heavy (non-hydrogen) atoms. The Balaban J connectivity index is 2.53. The Labute approximate surface area is 136 Å². The maximum absolute atomic E-state index is 11.7. The summed E-state index contributed by atoms with van der Waals surface area (Å²) >= 11 is 0. The maximum atomic E-state index is 11.7. The summed E-state index contributed by atoms with van der Waals surface area (Å²) in [7, 11) is 4.68. The molecule has 0 bridgehead atoms. The predicted octanol–water partition coefficient (Wildman–Crippen LogP) is 3.63. The minimum absolute atomic E-state index is 0.107. The molecular formula is C18H24O5. The average Bonchev–Trinajstić information content (AvgIpc) is 2.55. The number of benzene rings is 1. The number of carboxylic acid groups (broad SMARTS) is 1. The van der Waals surface area contributed by atoms with Crippen LogP contribution in [0.15, 0.2) is 23.3 Å². The molecular weight excluding hydrogens is 296 g/mol. The number of rotatable bonds is 5. The fourth-order valence-corrected chi connectivity index (χ4v) is 3.22. The highest BCUT2D eigenvalue weighted by Crippen LogP contribution is 2.46. The van der Waals surface area contributed by atoms with Gasteiger partial charge in [-0.1, -0.05) is 11.1 Å². The van der Waals surface area contributed by atoms with E-state index in [9.17, 15) is 9.90 Å². The number of aliphatic carboxylic acids is 1. The standard InChI is InChI=1S/C18H24O5/c1-10-6-13(14(18(19)20)7-11(10)2)12-8-15(21-3)17(23-5)16(9-12)22-4/h8-9,13-14H,6-7H2,1-5H3,(H,19,20). The number of carboxylic acids is 1. The van der Waals surface area contributed by atoms with E-state index in [1.54, 1.807) is 21.3 Å². The average molecular weight is 320 g/mol. The second kappa shape index (κ2) is 6.94. The van der Waals surface area contributed by atoms with Crippen LogP contribution in [0.5, 0.6) is 17.2 Å². The molecule has 0 saturated carbocycles. The lowest BCUT2D eigenvalue weighted by molar-refractivity contribution is -0.142. The van der Waals surface area contributed by atoms with Crippen LogP contribution in [-0.2, 0) is 4.79 Å². The van der Waals surface area contributed by atoms with E-state index >= 15 is 0 Å². The molecule has 1 aliphatic rings. The molecule has 0 heterocycles. The summed E-state index contributed by atoms with van der Waals surface area (Å²) in [5, 5.41) is 9.62. The molecule has 1 aromatic carbocycles. The lowest BCUT2D eigenvalue weighted by Gasteiger charge is -2.31. The van der Waals surface area contributed by atoms with E-state index in [1.807, 2.05) is 19.1 Å². The van der Waals surface area contributed by atoms with Gasteiger partial charge in [-0.05, 0) is 44.4 Å². The van der Waals surface area contributed by atoms with E-state index in [1.165, 1.54) is 11.1 Å². The highest BCUT2D eigenvalue weighted by atomic mass is 16.5. The minimum Gasteiger partial charge on any atom is -0.493 e. The van der Waals surface area contributed by atoms with Gasteiger partial charge in [-0.15, -0.1) is 0 Å². The molecule has 0 spiro atoms. The van der Waals surface area contributed by atoms with Gasteiger partial charge < -0.3 is 19.3 Å². The van der Waals surface area contributed by atoms with Crippen LogP contribution >= 0.6 is 0 Å². The fraction of sp³-hybridized carbons (Fsp3) is 0.500. The Morgan fingerprint density at radius 1 is 1.00 bits per heavy atom. The van der Waals surface area contributed by atoms with Crippen molar-refractivity contribution < 1.29 is 24.1 Å². The van der Waals surface area contributed by atoms with Crippen molar-refractivity contribution in [2.24, 2.45) is 5.92 Å². The van der Waals surface area contributed by atoms with Gasteiger partial charge in [0.1, 0.15) is 0 Å². The van der Waals surface area contributed by atoms with Crippen molar-refractivity contribution in [1.29, 1.82) is 0 Å². The first-order valence-corrected chi connectivity index (χ1v) is 7.60. The highest BCUT2D eigenvalue weighted by molar-refractivity contribution is 5.73. The lowest BCUT2D eigenvalue weighted by Crippen LogP contribution is -2.26. The van der Waals surface area contributed by atoms with Gasteiger partial charge in [0, 0.05) is 5.92 Å². The Kier molecular flexibility index (Phi) is 5.19. The topological polar surface area (TPSA) is 65.0 Å². The van der Waals surface area contributed by atoms with Crippen LogP contribution in [-0.4, -0.2) is 32.4 Å². The fourth-order valence-electron chi connectivity index (χ4n) is 3.22. The summed E-state index contributed by atoms with van der Waals surface area (Å²) in [6.45, 7) is 4.08. The van der Waals surface area contributed by atoms with E-state index in [0.29, 0.717) is 23.7 Å². The first-order valence-electron chi connectivity index (χ1n) is 7.60. The number of methoxy groups -OCH3 is 3. The van der Waals surface area contributed by atoms with Crippen LogP contribution in [0.2, 0.25) is 0 Å². The minimum atomic E-state index is -0.768. The quantitative estimate of drug-likeness (QED) is 0.839. The largest absolute Gasteiger partial charge is 0.493 e. The van der Waals surface area contributed by atoms with Gasteiger partial charge >= 0.3 is 5.97 Å². The molecule has 1 aromatic rings. The van der Waals surface area contributed by atoms with Gasteiger partial charge in [0.25, 0.3) is 0 Å². The molecule has 5 nitrogen and oxygen atoms in total. The molecule has 2 rings (SSSR count). The summed E-state index contributed by atoms with van der Waals surface area (Å²) in [5.74, 6) is 0.303. The van der Waals surface area contributed by atoms with Gasteiger partial charge in [-0.2, -0.15) is 0 Å². The number of carbonyl (C=O) groups is 1. The van der Waals surface area contributed by atoms with Crippen molar-refractivity contribution in [3.05, 3.63) is 28.8 Å². The van der Waals surface area contributed by atoms with Gasteiger partial charge in [-0.3, -0.25) is 4.79 Å². The zero-order valence-corrected chi connectivity index (χ0v) is 14.3. The van der Waals surface area contributed by atoms with Gasteiger partial charge in [0.2, 0.25) is 5.75 Å². The van der Waals surface area contributed by atoms with Crippen molar-refractivity contribution in [3.63, 3.8) is 0 Å². The van der Waals surface area contributed by atoms with E-state index in [4.69, 9.17) is 14.2 Å². The van der Waals surface area contributed by atoms with Gasteiger partial charge in [0.15, 0.2) is 11.5 Å². The van der Waals surface area contributed by atoms with Crippen LogP contribution in [0.25, 0.3) is 0 Å².